The molecule has 1 saturated heterocycles. The lowest BCUT2D eigenvalue weighted by atomic mass is 10.1. The number of nitrogens with zero attached hydrogens (tertiary/aromatic N) is 3. The van der Waals surface area contributed by atoms with E-state index in [1.165, 1.54) is 7.11 Å². The van der Waals surface area contributed by atoms with Crippen LogP contribution in [0.15, 0.2) is 36.5 Å². The molecule has 0 saturated carbocycles. The monoisotopic (exact) mass is 388 g/mol. The molecule has 1 atom stereocenters. The average molecular weight is 389 g/mol. The van der Waals surface area contributed by atoms with Crippen molar-refractivity contribution in [2.75, 3.05) is 42.9 Å². The van der Waals surface area contributed by atoms with E-state index in [-0.39, 0.29) is 24.8 Å². The number of hydrogen-bond acceptors (Lipinski definition) is 5. The van der Waals surface area contributed by atoms with Gasteiger partial charge in [-0.2, -0.15) is 0 Å². The second-order valence-electron chi connectivity index (χ2n) is 6.51. The van der Waals surface area contributed by atoms with Gasteiger partial charge >= 0.3 is 0 Å². The molecule has 2 amide bonds. The SMILES string of the molecule is COc1ccc(Cl)cc1N1CC(C(=O)Nc2ccc(N(C)C)nc2)CC1=O. The first-order chi connectivity index (χ1) is 12.9. The van der Waals surface area contributed by atoms with Gasteiger partial charge in [0.25, 0.3) is 0 Å². The number of carbonyl (C=O) groups is 2. The number of ether oxygens (including phenoxy) is 1. The molecular formula is C19H21ClN4O3. The van der Waals surface area contributed by atoms with E-state index in [1.807, 2.05) is 25.1 Å². The zero-order valence-electron chi connectivity index (χ0n) is 15.4. The van der Waals surface area contributed by atoms with Crippen LogP contribution in [0.25, 0.3) is 0 Å². The minimum Gasteiger partial charge on any atom is -0.495 e. The van der Waals surface area contributed by atoms with E-state index in [4.69, 9.17) is 16.3 Å². The van der Waals surface area contributed by atoms with Crippen molar-refractivity contribution in [1.29, 1.82) is 0 Å². The van der Waals surface area contributed by atoms with Crippen LogP contribution in [-0.2, 0) is 9.59 Å². The van der Waals surface area contributed by atoms with Gasteiger partial charge in [-0.1, -0.05) is 11.6 Å². The first-order valence-corrected chi connectivity index (χ1v) is 8.85. The summed E-state index contributed by atoms with van der Waals surface area (Å²) < 4.78 is 5.32. The Bertz CT molecular complexity index is 855. The van der Waals surface area contributed by atoms with Gasteiger partial charge in [0, 0.05) is 32.1 Å². The smallest absolute Gasteiger partial charge is 0.229 e. The molecule has 8 heteroatoms. The van der Waals surface area contributed by atoms with E-state index < -0.39 is 5.92 Å². The summed E-state index contributed by atoms with van der Waals surface area (Å²) in [5.41, 5.74) is 1.17. The molecule has 2 heterocycles. The summed E-state index contributed by atoms with van der Waals surface area (Å²) in [5.74, 6) is 0.512. The predicted octanol–water partition coefficient (Wildman–Crippen LogP) is 2.80. The summed E-state index contributed by atoms with van der Waals surface area (Å²) in [6.07, 6.45) is 1.73. The first kappa shape index (κ1) is 19.0. The van der Waals surface area contributed by atoms with Crippen LogP contribution in [0.4, 0.5) is 17.2 Å². The third kappa shape index (κ3) is 4.14. The summed E-state index contributed by atoms with van der Waals surface area (Å²) in [5, 5.41) is 3.33. The molecule has 1 unspecified atom stereocenters. The Morgan fingerprint density at radius 2 is 2.11 bits per heavy atom. The lowest BCUT2D eigenvalue weighted by Crippen LogP contribution is -2.28. The molecule has 2 aromatic rings. The molecular weight excluding hydrogens is 368 g/mol. The van der Waals surface area contributed by atoms with E-state index in [1.54, 1.807) is 35.4 Å². The molecule has 0 spiro atoms. The van der Waals surface area contributed by atoms with Crippen LogP contribution in [0, 0.1) is 5.92 Å². The second kappa shape index (κ2) is 7.84. The Morgan fingerprint density at radius 3 is 2.74 bits per heavy atom. The van der Waals surface area contributed by atoms with Crippen molar-refractivity contribution in [3.05, 3.63) is 41.6 Å². The van der Waals surface area contributed by atoms with Gasteiger partial charge in [-0.05, 0) is 30.3 Å². The van der Waals surface area contributed by atoms with Crippen molar-refractivity contribution in [3.63, 3.8) is 0 Å². The maximum absolute atomic E-state index is 12.6. The highest BCUT2D eigenvalue weighted by Gasteiger charge is 2.36. The minimum absolute atomic E-state index is 0.130. The maximum Gasteiger partial charge on any atom is 0.229 e. The number of rotatable bonds is 5. The molecule has 0 bridgehead atoms. The summed E-state index contributed by atoms with van der Waals surface area (Å²) in [6.45, 7) is 0.268. The van der Waals surface area contributed by atoms with Gasteiger partial charge in [-0.3, -0.25) is 9.59 Å². The lowest BCUT2D eigenvalue weighted by molar-refractivity contribution is -0.122. The number of anilines is 3. The van der Waals surface area contributed by atoms with E-state index in [0.29, 0.717) is 22.1 Å². The molecule has 0 aliphatic carbocycles. The molecule has 7 nitrogen and oxygen atoms in total. The number of amides is 2. The third-order valence-electron chi connectivity index (χ3n) is 4.40. The topological polar surface area (TPSA) is 74.8 Å². The quantitative estimate of drug-likeness (QED) is 0.852. The van der Waals surface area contributed by atoms with Crippen molar-refractivity contribution in [3.8, 4) is 5.75 Å². The van der Waals surface area contributed by atoms with Gasteiger partial charge in [0.1, 0.15) is 11.6 Å². The van der Waals surface area contributed by atoms with Crippen molar-refractivity contribution in [1.82, 2.24) is 4.98 Å². The minimum atomic E-state index is -0.463. The van der Waals surface area contributed by atoms with E-state index >= 15 is 0 Å². The second-order valence-corrected chi connectivity index (χ2v) is 6.95. The number of pyridine rings is 1. The zero-order valence-corrected chi connectivity index (χ0v) is 16.2. The number of carbonyl (C=O) groups excluding carboxylic acids is 2. The van der Waals surface area contributed by atoms with Crippen LogP contribution in [-0.4, -0.2) is 44.5 Å². The highest BCUT2D eigenvalue weighted by Crippen LogP contribution is 2.35. The van der Waals surface area contributed by atoms with Gasteiger partial charge in [-0.15, -0.1) is 0 Å². The molecule has 3 rings (SSSR count). The van der Waals surface area contributed by atoms with Crippen LogP contribution in [0.5, 0.6) is 5.75 Å². The van der Waals surface area contributed by atoms with Crippen LogP contribution in [0.1, 0.15) is 6.42 Å². The van der Waals surface area contributed by atoms with Gasteiger partial charge < -0.3 is 19.9 Å². The molecule has 1 fully saturated rings. The number of benzene rings is 1. The van der Waals surface area contributed by atoms with Crippen LogP contribution < -0.4 is 19.9 Å². The Morgan fingerprint density at radius 1 is 1.33 bits per heavy atom. The van der Waals surface area contributed by atoms with Crippen LogP contribution in [0.3, 0.4) is 0 Å². The van der Waals surface area contributed by atoms with Gasteiger partial charge in [0.15, 0.2) is 0 Å². The Labute approximate surface area is 162 Å². The molecule has 1 aromatic carbocycles. The number of methoxy groups -OCH3 is 1. The Balaban J connectivity index is 1.71. The van der Waals surface area contributed by atoms with Crippen molar-refractivity contribution in [2.45, 2.75) is 6.42 Å². The van der Waals surface area contributed by atoms with Crippen LogP contribution in [0.2, 0.25) is 5.02 Å². The lowest BCUT2D eigenvalue weighted by Gasteiger charge is -2.20. The number of halogens is 1. The summed E-state index contributed by atoms with van der Waals surface area (Å²) in [6, 6.07) is 8.67. The number of hydrogen-bond donors (Lipinski definition) is 1. The zero-order chi connectivity index (χ0) is 19.6. The van der Waals surface area contributed by atoms with Crippen LogP contribution >= 0.6 is 11.6 Å². The Hall–Kier alpha value is -2.80. The largest absolute Gasteiger partial charge is 0.495 e. The highest BCUT2D eigenvalue weighted by atomic mass is 35.5. The van der Waals surface area contributed by atoms with Gasteiger partial charge in [0.05, 0.1) is 30.6 Å². The van der Waals surface area contributed by atoms with E-state index in [9.17, 15) is 9.59 Å². The Kier molecular flexibility index (Phi) is 5.51. The summed E-state index contributed by atoms with van der Waals surface area (Å²) in [4.78, 5) is 32.7. The van der Waals surface area contributed by atoms with Crippen molar-refractivity contribution < 1.29 is 14.3 Å². The fourth-order valence-electron chi connectivity index (χ4n) is 2.96. The maximum atomic E-state index is 12.6. The molecule has 142 valence electrons. The average Bonchev–Trinajstić information content (AvgIpc) is 3.04. The van der Waals surface area contributed by atoms with Gasteiger partial charge in [0.2, 0.25) is 11.8 Å². The fraction of sp³-hybridized carbons (Fsp3) is 0.316. The number of aromatic nitrogens is 1. The van der Waals surface area contributed by atoms with E-state index in [2.05, 4.69) is 10.3 Å². The number of nitrogens with one attached hydrogen (secondary N) is 1. The molecule has 1 aliphatic rings. The predicted molar refractivity (Wildman–Crippen MR) is 106 cm³/mol. The molecule has 1 aromatic heterocycles. The summed E-state index contributed by atoms with van der Waals surface area (Å²) in [7, 11) is 5.31. The third-order valence-corrected chi connectivity index (χ3v) is 4.64. The fourth-order valence-corrected chi connectivity index (χ4v) is 3.13. The summed E-state index contributed by atoms with van der Waals surface area (Å²) >= 11 is 6.06. The molecule has 27 heavy (non-hydrogen) atoms. The normalized spacial score (nSPS) is 16.4. The standard InChI is InChI=1S/C19H21ClN4O3/c1-23(2)17-7-5-14(10-21-17)22-19(26)12-8-18(25)24(11-12)15-9-13(20)4-6-16(15)27-3/h4-7,9-10,12H,8,11H2,1-3H3,(H,22,26). The van der Waals surface area contributed by atoms with Crippen molar-refractivity contribution in [2.24, 2.45) is 5.92 Å². The van der Waals surface area contributed by atoms with Gasteiger partial charge in [-0.25, -0.2) is 4.98 Å². The van der Waals surface area contributed by atoms with E-state index in [0.717, 1.165) is 5.82 Å². The van der Waals surface area contributed by atoms with Crippen molar-refractivity contribution >= 4 is 40.6 Å². The first-order valence-electron chi connectivity index (χ1n) is 8.47. The molecule has 1 N–H and O–H groups in total. The highest BCUT2D eigenvalue weighted by molar-refractivity contribution is 6.31. The molecule has 0 radical (unpaired) electrons. The molecule has 1 aliphatic heterocycles.